The van der Waals surface area contributed by atoms with Crippen molar-refractivity contribution in [3.63, 3.8) is 0 Å². The van der Waals surface area contributed by atoms with Gasteiger partial charge in [-0.1, -0.05) is 17.7 Å². The number of hydrogen-bond donors (Lipinski definition) is 2. The van der Waals surface area contributed by atoms with E-state index in [-0.39, 0.29) is 4.90 Å². The molecule has 6 nitrogen and oxygen atoms in total. The number of aryl methyl sites for hydroxylation is 2. The molecule has 2 N–H and O–H groups in total. The zero-order chi connectivity index (χ0) is 18.3. The number of pyridine rings is 1. The maximum absolute atomic E-state index is 10.5. The molecule has 0 amide bonds. The summed E-state index contributed by atoms with van der Waals surface area (Å²) in [5.41, 5.74) is 2.10. The van der Waals surface area contributed by atoms with Gasteiger partial charge in [-0.25, -0.2) is 0 Å². The minimum atomic E-state index is -4.02. The van der Waals surface area contributed by atoms with Crippen LogP contribution >= 0.6 is 0 Å². The Balaban J connectivity index is 0.000000186. The fraction of sp³-hybridized carbons (Fsp3) is 0.389. The zero-order valence-electron chi connectivity index (χ0n) is 14.5. The van der Waals surface area contributed by atoms with Gasteiger partial charge in [0.15, 0.2) is 0 Å². The van der Waals surface area contributed by atoms with Crippen LogP contribution in [0.3, 0.4) is 0 Å². The summed E-state index contributed by atoms with van der Waals surface area (Å²) < 4.78 is 35.2. The van der Waals surface area contributed by atoms with Crippen molar-refractivity contribution < 1.29 is 17.7 Å². The lowest BCUT2D eigenvalue weighted by atomic mass is 10.1. The lowest BCUT2D eigenvalue weighted by Gasteiger charge is -2.10. The van der Waals surface area contributed by atoms with Gasteiger partial charge in [0.2, 0.25) is 0 Å². The van der Waals surface area contributed by atoms with Crippen molar-refractivity contribution in [3.05, 3.63) is 53.9 Å². The number of nitrogens with zero attached hydrogens (tertiary/aromatic N) is 1. The third-order valence-corrected chi connectivity index (χ3v) is 4.68. The van der Waals surface area contributed by atoms with Crippen LogP contribution in [0, 0.1) is 19.8 Å². The van der Waals surface area contributed by atoms with Crippen molar-refractivity contribution in [3.8, 4) is 5.75 Å². The van der Waals surface area contributed by atoms with Crippen molar-refractivity contribution in [2.24, 2.45) is 5.92 Å². The summed E-state index contributed by atoms with van der Waals surface area (Å²) in [5, 5.41) is 3.32. The maximum atomic E-state index is 10.5. The van der Waals surface area contributed by atoms with Gasteiger partial charge >= 0.3 is 0 Å². The third kappa shape index (κ3) is 6.81. The van der Waals surface area contributed by atoms with E-state index in [0.717, 1.165) is 36.6 Å². The Morgan fingerprint density at radius 2 is 1.92 bits per heavy atom. The molecule has 0 aliphatic carbocycles. The summed E-state index contributed by atoms with van der Waals surface area (Å²) in [6, 6.07) is 8.01. The van der Waals surface area contributed by atoms with Crippen molar-refractivity contribution in [2.75, 3.05) is 19.7 Å². The second kappa shape index (κ2) is 8.94. The standard InChI is InChI=1S/C11H16N2O.C7H8O3S/c1-9-4-11(7-13-5-9)14-8-10-2-3-12-6-10;1-6-2-4-7(5-3-6)11(8,9)10/h4-5,7,10,12H,2-3,6,8H2,1H3;2-5H,1H3,(H,8,9,10). The molecule has 1 aromatic carbocycles. The fourth-order valence-corrected chi connectivity index (χ4v) is 2.87. The molecule has 2 heterocycles. The molecule has 1 aliphatic heterocycles. The largest absolute Gasteiger partial charge is 0.492 e. The quantitative estimate of drug-likeness (QED) is 0.811. The SMILES string of the molecule is Cc1ccc(S(=O)(=O)O)cc1.Cc1cncc(OCC2CCNC2)c1. The average molecular weight is 364 g/mol. The van der Waals surface area contributed by atoms with E-state index in [0.29, 0.717) is 5.92 Å². The first-order valence-electron chi connectivity index (χ1n) is 8.14. The molecule has 1 fully saturated rings. The molecule has 136 valence electrons. The smallest absolute Gasteiger partial charge is 0.294 e. The van der Waals surface area contributed by atoms with E-state index in [4.69, 9.17) is 9.29 Å². The molecule has 1 aliphatic rings. The Kier molecular flexibility index (Phi) is 6.92. The molecule has 0 radical (unpaired) electrons. The molecule has 1 saturated heterocycles. The topological polar surface area (TPSA) is 88.5 Å². The van der Waals surface area contributed by atoms with Gasteiger partial charge in [-0.2, -0.15) is 8.42 Å². The van der Waals surface area contributed by atoms with E-state index >= 15 is 0 Å². The van der Waals surface area contributed by atoms with E-state index in [1.807, 2.05) is 26.1 Å². The second-order valence-corrected chi connectivity index (χ2v) is 7.58. The minimum absolute atomic E-state index is 0.0666. The molecule has 7 heteroatoms. The lowest BCUT2D eigenvalue weighted by molar-refractivity contribution is 0.259. The van der Waals surface area contributed by atoms with E-state index in [9.17, 15) is 8.42 Å². The first-order chi connectivity index (χ1) is 11.8. The summed E-state index contributed by atoms with van der Waals surface area (Å²) in [6.45, 7) is 6.88. The molecule has 25 heavy (non-hydrogen) atoms. The number of rotatable bonds is 4. The summed E-state index contributed by atoms with van der Waals surface area (Å²) in [7, 11) is -4.02. The summed E-state index contributed by atoms with van der Waals surface area (Å²) in [6.07, 6.45) is 4.83. The number of aromatic nitrogens is 1. The highest BCUT2D eigenvalue weighted by Crippen LogP contribution is 2.14. The lowest BCUT2D eigenvalue weighted by Crippen LogP contribution is -2.15. The van der Waals surface area contributed by atoms with Crippen LogP contribution in [0.4, 0.5) is 0 Å². The molecule has 0 saturated carbocycles. The van der Waals surface area contributed by atoms with Crippen molar-refractivity contribution in [1.29, 1.82) is 0 Å². The van der Waals surface area contributed by atoms with Crippen LogP contribution in [0.1, 0.15) is 17.5 Å². The highest BCUT2D eigenvalue weighted by molar-refractivity contribution is 7.85. The van der Waals surface area contributed by atoms with Crippen LogP contribution in [0.5, 0.6) is 5.75 Å². The Morgan fingerprint density at radius 3 is 2.48 bits per heavy atom. The number of ether oxygens (including phenoxy) is 1. The van der Waals surface area contributed by atoms with Gasteiger partial charge in [-0.3, -0.25) is 9.54 Å². The van der Waals surface area contributed by atoms with Gasteiger partial charge in [0.1, 0.15) is 5.75 Å². The van der Waals surface area contributed by atoms with Crippen LogP contribution in [0.15, 0.2) is 47.6 Å². The molecule has 2 aromatic rings. The highest BCUT2D eigenvalue weighted by Gasteiger charge is 2.14. The monoisotopic (exact) mass is 364 g/mol. The van der Waals surface area contributed by atoms with Crippen LogP contribution in [-0.2, 0) is 10.1 Å². The van der Waals surface area contributed by atoms with Gasteiger partial charge < -0.3 is 10.1 Å². The second-order valence-electron chi connectivity index (χ2n) is 6.16. The average Bonchev–Trinajstić information content (AvgIpc) is 3.07. The van der Waals surface area contributed by atoms with Gasteiger partial charge in [-0.15, -0.1) is 0 Å². The fourth-order valence-electron chi connectivity index (χ4n) is 2.39. The van der Waals surface area contributed by atoms with Crippen molar-refractivity contribution >= 4 is 10.1 Å². The molecule has 0 bridgehead atoms. The van der Waals surface area contributed by atoms with Crippen LogP contribution in [0.25, 0.3) is 0 Å². The molecular weight excluding hydrogens is 340 g/mol. The molecular formula is C18H24N2O4S. The Bertz CT molecular complexity index is 770. The third-order valence-electron chi connectivity index (χ3n) is 3.82. The minimum Gasteiger partial charge on any atom is -0.492 e. The van der Waals surface area contributed by atoms with Gasteiger partial charge in [0.05, 0.1) is 17.7 Å². The van der Waals surface area contributed by atoms with E-state index in [2.05, 4.69) is 10.3 Å². The van der Waals surface area contributed by atoms with Crippen LogP contribution < -0.4 is 10.1 Å². The first kappa shape index (κ1) is 19.4. The van der Waals surface area contributed by atoms with Crippen molar-refractivity contribution in [1.82, 2.24) is 10.3 Å². The molecule has 0 spiro atoms. The van der Waals surface area contributed by atoms with E-state index in [1.165, 1.54) is 18.6 Å². The van der Waals surface area contributed by atoms with Crippen molar-refractivity contribution in [2.45, 2.75) is 25.2 Å². The zero-order valence-corrected chi connectivity index (χ0v) is 15.3. The number of hydrogen-bond acceptors (Lipinski definition) is 5. The normalized spacial score (nSPS) is 16.8. The van der Waals surface area contributed by atoms with Crippen LogP contribution in [-0.4, -0.2) is 37.7 Å². The van der Waals surface area contributed by atoms with Gasteiger partial charge in [0, 0.05) is 18.7 Å². The van der Waals surface area contributed by atoms with E-state index in [1.54, 1.807) is 18.3 Å². The van der Waals surface area contributed by atoms with Gasteiger partial charge in [-0.05, 0) is 50.6 Å². The number of benzene rings is 1. The van der Waals surface area contributed by atoms with Crippen LogP contribution in [0.2, 0.25) is 0 Å². The Labute approximate surface area is 149 Å². The molecule has 1 unspecified atom stereocenters. The first-order valence-corrected chi connectivity index (χ1v) is 9.58. The molecule has 1 atom stereocenters. The Hall–Kier alpha value is -1.96. The maximum Gasteiger partial charge on any atom is 0.294 e. The summed E-state index contributed by atoms with van der Waals surface area (Å²) in [4.78, 5) is 4.02. The summed E-state index contributed by atoms with van der Waals surface area (Å²) >= 11 is 0. The summed E-state index contributed by atoms with van der Waals surface area (Å²) in [5.74, 6) is 1.55. The highest BCUT2D eigenvalue weighted by atomic mass is 32.2. The Morgan fingerprint density at radius 1 is 1.20 bits per heavy atom. The van der Waals surface area contributed by atoms with E-state index < -0.39 is 10.1 Å². The predicted octanol–water partition coefficient (Wildman–Crippen LogP) is 2.62. The molecule has 1 aromatic heterocycles. The van der Waals surface area contributed by atoms with Gasteiger partial charge in [0.25, 0.3) is 10.1 Å². The molecule has 3 rings (SSSR count). The number of nitrogens with one attached hydrogen (secondary N) is 1. The predicted molar refractivity (Wildman–Crippen MR) is 96.4 cm³/mol.